The van der Waals surface area contributed by atoms with Gasteiger partial charge in [-0.2, -0.15) is 0 Å². The van der Waals surface area contributed by atoms with Gasteiger partial charge in [-0.05, 0) is 36.8 Å². The molecule has 0 amide bonds. The molecular formula is C15H25NO3S2. The Hall–Kier alpha value is -0.430. The molecule has 1 aliphatic carbocycles. The van der Waals surface area contributed by atoms with Crippen molar-refractivity contribution in [3.05, 3.63) is 17.0 Å². The summed E-state index contributed by atoms with van der Waals surface area (Å²) in [7, 11) is -3.44. The second kappa shape index (κ2) is 7.22. The molecular weight excluding hydrogens is 306 g/mol. The molecule has 1 aliphatic rings. The molecule has 2 unspecified atom stereocenters. The average Bonchev–Trinajstić information content (AvgIpc) is 2.88. The lowest BCUT2D eigenvalue weighted by Crippen LogP contribution is -2.43. The Bertz CT molecular complexity index is 551. The molecule has 120 valence electrons. The van der Waals surface area contributed by atoms with E-state index >= 15 is 0 Å². The molecule has 0 radical (unpaired) electrons. The maximum atomic E-state index is 12.5. The van der Waals surface area contributed by atoms with Crippen molar-refractivity contribution in [2.75, 3.05) is 6.61 Å². The smallest absolute Gasteiger partial charge is 0.250 e. The largest absolute Gasteiger partial charge is 0.396 e. The number of hydrogen-bond donors (Lipinski definition) is 2. The zero-order chi connectivity index (χ0) is 15.5. The van der Waals surface area contributed by atoms with Crippen LogP contribution in [-0.2, 0) is 16.4 Å². The van der Waals surface area contributed by atoms with Crippen molar-refractivity contribution >= 4 is 21.4 Å². The van der Waals surface area contributed by atoms with Crippen molar-refractivity contribution < 1.29 is 13.5 Å². The van der Waals surface area contributed by atoms with E-state index < -0.39 is 10.0 Å². The predicted octanol–water partition coefficient (Wildman–Crippen LogP) is 2.78. The van der Waals surface area contributed by atoms with Crippen LogP contribution >= 0.6 is 11.3 Å². The summed E-state index contributed by atoms with van der Waals surface area (Å²) in [6, 6.07) is 3.48. The fraction of sp³-hybridized carbons (Fsp3) is 0.733. The molecule has 1 heterocycles. The molecule has 2 atom stereocenters. The molecule has 0 aromatic carbocycles. The fourth-order valence-corrected chi connectivity index (χ4v) is 5.79. The molecule has 0 saturated heterocycles. The third-order valence-electron chi connectivity index (χ3n) is 4.24. The van der Waals surface area contributed by atoms with E-state index in [1.807, 2.05) is 0 Å². The minimum atomic E-state index is -3.44. The van der Waals surface area contributed by atoms with Gasteiger partial charge in [-0.15, -0.1) is 11.3 Å². The van der Waals surface area contributed by atoms with Gasteiger partial charge in [-0.1, -0.05) is 26.7 Å². The Balaban J connectivity index is 2.11. The highest BCUT2D eigenvalue weighted by atomic mass is 32.2. The van der Waals surface area contributed by atoms with E-state index in [2.05, 4.69) is 18.6 Å². The Morgan fingerprint density at radius 3 is 2.71 bits per heavy atom. The molecule has 21 heavy (non-hydrogen) atoms. The van der Waals surface area contributed by atoms with Crippen LogP contribution in [0.1, 0.15) is 44.4 Å². The van der Waals surface area contributed by atoms with Gasteiger partial charge in [0.05, 0.1) is 0 Å². The number of thiophene rings is 1. The first kappa shape index (κ1) is 16.9. The molecule has 1 saturated carbocycles. The maximum Gasteiger partial charge on any atom is 0.250 e. The van der Waals surface area contributed by atoms with Crippen LogP contribution in [0.15, 0.2) is 16.3 Å². The molecule has 0 aliphatic heterocycles. The second-order valence-corrected chi connectivity index (χ2v) is 9.22. The van der Waals surface area contributed by atoms with Gasteiger partial charge >= 0.3 is 0 Å². The summed E-state index contributed by atoms with van der Waals surface area (Å²) in [5.74, 6) is 0.914. The van der Waals surface area contributed by atoms with E-state index in [0.717, 1.165) is 24.1 Å². The molecule has 4 nitrogen and oxygen atoms in total. The summed E-state index contributed by atoms with van der Waals surface area (Å²) in [6.45, 7) is 4.38. The standard InChI is InChI=1S/C15H25NO3S2/c1-11(2)13-5-3-4-6-14(13)16-21(18,19)15-8-7-12(20-15)9-10-17/h7-8,11,13-14,16-17H,3-6,9-10H2,1-2H3. The van der Waals surface area contributed by atoms with Gasteiger partial charge in [-0.25, -0.2) is 13.1 Å². The van der Waals surface area contributed by atoms with Gasteiger partial charge in [-0.3, -0.25) is 0 Å². The molecule has 0 bridgehead atoms. The number of aliphatic hydroxyl groups is 1. The highest BCUT2D eigenvalue weighted by molar-refractivity contribution is 7.91. The summed E-state index contributed by atoms with van der Waals surface area (Å²) >= 11 is 1.25. The maximum absolute atomic E-state index is 12.5. The van der Waals surface area contributed by atoms with E-state index in [1.165, 1.54) is 17.8 Å². The zero-order valence-electron chi connectivity index (χ0n) is 12.7. The van der Waals surface area contributed by atoms with Crippen LogP contribution in [0.3, 0.4) is 0 Å². The Kier molecular flexibility index (Phi) is 5.82. The third-order valence-corrected chi connectivity index (χ3v) is 7.37. The number of aliphatic hydroxyl groups excluding tert-OH is 1. The average molecular weight is 332 g/mol. The summed E-state index contributed by atoms with van der Waals surface area (Å²) in [6.07, 6.45) is 4.83. The Morgan fingerprint density at radius 2 is 2.05 bits per heavy atom. The second-order valence-electron chi connectivity index (χ2n) is 6.11. The van der Waals surface area contributed by atoms with Crippen LogP contribution < -0.4 is 4.72 Å². The van der Waals surface area contributed by atoms with Crippen LogP contribution in [0.4, 0.5) is 0 Å². The lowest BCUT2D eigenvalue weighted by molar-refractivity contribution is 0.226. The van der Waals surface area contributed by atoms with Gasteiger partial charge in [0, 0.05) is 23.9 Å². The summed E-state index contributed by atoms with van der Waals surface area (Å²) < 4.78 is 28.3. The number of rotatable bonds is 6. The normalized spacial score (nSPS) is 23.6. The number of sulfonamides is 1. The van der Waals surface area contributed by atoms with Crippen LogP contribution in [0, 0.1) is 11.8 Å². The molecule has 2 rings (SSSR count). The minimum Gasteiger partial charge on any atom is -0.396 e. The van der Waals surface area contributed by atoms with Gasteiger partial charge < -0.3 is 5.11 Å². The monoisotopic (exact) mass is 331 g/mol. The summed E-state index contributed by atoms with van der Waals surface area (Å²) in [5, 5.41) is 8.93. The molecule has 6 heteroatoms. The van der Waals surface area contributed by atoms with Crippen molar-refractivity contribution in [2.24, 2.45) is 11.8 Å². The van der Waals surface area contributed by atoms with Gasteiger partial charge in [0.15, 0.2) is 0 Å². The van der Waals surface area contributed by atoms with E-state index in [1.54, 1.807) is 12.1 Å². The number of hydrogen-bond acceptors (Lipinski definition) is 4. The van der Waals surface area contributed by atoms with E-state index in [-0.39, 0.29) is 12.6 Å². The van der Waals surface area contributed by atoms with Crippen molar-refractivity contribution in [3.8, 4) is 0 Å². The molecule has 0 spiro atoms. The lowest BCUT2D eigenvalue weighted by Gasteiger charge is -2.34. The fourth-order valence-electron chi connectivity index (χ4n) is 3.11. The van der Waals surface area contributed by atoms with E-state index in [4.69, 9.17) is 5.11 Å². The van der Waals surface area contributed by atoms with Gasteiger partial charge in [0.1, 0.15) is 4.21 Å². The summed E-state index contributed by atoms with van der Waals surface area (Å²) in [5.41, 5.74) is 0. The quantitative estimate of drug-likeness (QED) is 0.842. The Morgan fingerprint density at radius 1 is 1.33 bits per heavy atom. The molecule has 1 fully saturated rings. The highest BCUT2D eigenvalue weighted by Gasteiger charge is 2.31. The van der Waals surface area contributed by atoms with Gasteiger partial charge in [0.2, 0.25) is 10.0 Å². The highest BCUT2D eigenvalue weighted by Crippen LogP contribution is 2.32. The van der Waals surface area contributed by atoms with Crippen LogP contribution in [0.2, 0.25) is 0 Å². The lowest BCUT2D eigenvalue weighted by atomic mass is 9.78. The minimum absolute atomic E-state index is 0.0471. The predicted molar refractivity (Wildman–Crippen MR) is 86.0 cm³/mol. The number of nitrogens with one attached hydrogen (secondary N) is 1. The first-order chi connectivity index (χ1) is 9.94. The topological polar surface area (TPSA) is 66.4 Å². The first-order valence-corrected chi connectivity index (χ1v) is 9.96. The van der Waals surface area contributed by atoms with Crippen molar-refractivity contribution in [1.29, 1.82) is 0 Å². The molecule has 2 N–H and O–H groups in total. The van der Waals surface area contributed by atoms with E-state index in [0.29, 0.717) is 22.5 Å². The van der Waals surface area contributed by atoms with Crippen molar-refractivity contribution in [2.45, 2.75) is 56.2 Å². The third kappa shape index (κ3) is 4.28. The van der Waals surface area contributed by atoms with Crippen LogP contribution in [0.25, 0.3) is 0 Å². The molecule has 1 aromatic heterocycles. The van der Waals surface area contributed by atoms with Crippen molar-refractivity contribution in [3.63, 3.8) is 0 Å². The summed E-state index contributed by atoms with van der Waals surface area (Å²) in [4.78, 5) is 0.905. The SMILES string of the molecule is CC(C)C1CCCCC1NS(=O)(=O)c1ccc(CCO)s1. The van der Waals surface area contributed by atoms with Crippen LogP contribution in [-0.4, -0.2) is 26.2 Å². The first-order valence-electron chi connectivity index (χ1n) is 7.66. The molecule has 1 aromatic rings. The Labute approximate surface area is 131 Å². The van der Waals surface area contributed by atoms with E-state index in [9.17, 15) is 8.42 Å². The zero-order valence-corrected chi connectivity index (χ0v) is 14.3. The van der Waals surface area contributed by atoms with Crippen LogP contribution in [0.5, 0.6) is 0 Å². The van der Waals surface area contributed by atoms with Crippen molar-refractivity contribution in [1.82, 2.24) is 4.72 Å². The van der Waals surface area contributed by atoms with Gasteiger partial charge in [0.25, 0.3) is 0 Å².